The van der Waals surface area contributed by atoms with Crippen LogP contribution in [0.15, 0.2) is 12.1 Å². The van der Waals surface area contributed by atoms with Crippen molar-refractivity contribution in [1.29, 1.82) is 0 Å². The summed E-state index contributed by atoms with van der Waals surface area (Å²) in [5.41, 5.74) is 0.473. The zero-order valence-corrected chi connectivity index (χ0v) is 7.67. The summed E-state index contributed by atoms with van der Waals surface area (Å²) < 4.78 is 4.20. The molecule has 2 rings (SSSR count). The van der Waals surface area contributed by atoms with Crippen LogP contribution in [0.4, 0.5) is 5.69 Å². The first kappa shape index (κ1) is 8.33. The first-order valence-corrected chi connectivity index (χ1v) is 4.40. The van der Waals surface area contributed by atoms with Crippen LogP contribution in [0.1, 0.15) is 0 Å². The van der Waals surface area contributed by atoms with Crippen molar-refractivity contribution in [3.63, 3.8) is 0 Å². The molecular weight excluding hydrogens is 214 g/mol. The van der Waals surface area contributed by atoms with E-state index in [2.05, 4.69) is 9.59 Å². The van der Waals surface area contributed by atoms with Gasteiger partial charge in [-0.3, -0.25) is 10.1 Å². The van der Waals surface area contributed by atoms with Gasteiger partial charge in [-0.05, 0) is 17.6 Å². The molecule has 1 aromatic heterocycles. The SMILES string of the molecule is O=[N+]([O-])c1ccc2nnsc2c1Cl. The van der Waals surface area contributed by atoms with E-state index in [1.165, 1.54) is 12.1 Å². The molecule has 0 radical (unpaired) electrons. The summed E-state index contributed by atoms with van der Waals surface area (Å²) in [7, 11) is 0. The topological polar surface area (TPSA) is 68.9 Å². The monoisotopic (exact) mass is 215 g/mol. The molecule has 0 amide bonds. The van der Waals surface area contributed by atoms with Gasteiger partial charge < -0.3 is 0 Å². The van der Waals surface area contributed by atoms with Gasteiger partial charge in [0.2, 0.25) is 0 Å². The van der Waals surface area contributed by atoms with Gasteiger partial charge in [-0.15, -0.1) is 5.10 Å². The molecule has 0 unspecified atom stereocenters. The van der Waals surface area contributed by atoms with Gasteiger partial charge in [0.05, 0.1) is 4.92 Å². The normalized spacial score (nSPS) is 10.5. The van der Waals surface area contributed by atoms with Crippen molar-refractivity contribution in [2.24, 2.45) is 0 Å². The molecule has 0 atom stereocenters. The summed E-state index contributed by atoms with van der Waals surface area (Å²) in [5, 5.41) is 14.3. The van der Waals surface area contributed by atoms with Crippen LogP contribution in [0, 0.1) is 10.1 Å². The molecule has 66 valence electrons. The van der Waals surface area contributed by atoms with Crippen LogP contribution < -0.4 is 0 Å². The fraction of sp³-hybridized carbons (Fsp3) is 0. The highest BCUT2D eigenvalue weighted by Gasteiger charge is 2.16. The molecule has 0 saturated carbocycles. The Morgan fingerprint density at radius 2 is 2.31 bits per heavy atom. The molecule has 0 saturated heterocycles. The molecule has 0 bridgehead atoms. The van der Waals surface area contributed by atoms with Crippen LogP contribution in [0.5, 0.6) is 0 Å². The largest absolute Gasteiger partial charge is 0.289 e. The van der Waals surface area contributed by atoms with Gasteiger partial charge in [0, 0.05) is 6.07 Å². The highest BCUT2D eigenvalue weighted by atomic mass is 35.5. The number of nitro groups is 1. The second-order valence-corrected chi connectivity index (χ2v) is 3.41. The van der Waals surface area contributed by atoms with Gasteiger partial charge in [0.25, 0.3) is 5.69 Å². The Labute approximate surface area is 81.3 Å². The highest BCUT2D eigenvalue weighted by molar-refractivity contribution is 7.13. The second-order valence-electron chi connectivity index (χ2n) is 2.28. The van der Waals surface area contributed by atoms with Crippen molar-refractivity contribution in [1.82, 2.24) is 9.59 Å². The Hall–Kier alpha value is -1.27. The predicted molar refractivity (Wildman–Crippen MR) is 49.1 cm³/mol. The number of hydrogen-bond donors (Lipinski definition) is 0. The number of aromatic nitrogens is 2. The Bertz CT molecular complexity index is 484. The van der Waals surface area contributed by atoms with Gasteiger partial charge in [0.1, 0.15) is 15.2 Å². The third-order valence-corrected chi connectivity index (χ3v) is 2.79. The van der Waals surface area contributed by atoms with Gasteiger partial charge in [0.15, 0.2) is 0 Å². The summed E-state index contributed by atoms with van der Waals surface area (Å²) in [6, 6.07) is 2.86. The molecule has 0 aliphatic rings. The molecule has 5 nitrogen and oxygen atoms in total. The van der Waals surface area contributed by atoms with E-state index >= 15 is 0 Å². The number of benzene rings is 1. The standard InChI is InChI=1S/C6H2ClN3O2S/c7-5-4(10(11)12)2-1-3-6(5)13-9-8-3/h1-2H. The van der Waals surface area contributed by atoms with Crippen LogP contribution in [-0.2, 0) is 0 Å². The van der Waals surface area contributed by atoms with Crippen molar-refractivity contribution in [2.45, 2.75) is 0 Å². The first-order valence-electron chi connectivity index (χ1n) is 3.25. The number of hydrogen-bond acceptors (Lipinski definition) is 5. The van der Waals surface area contributed by atoms with Crippen LogP contribution in [-0.4, -0.2) is 14.5 Å². The summed E-state index contributed by atoms with van der Waals surface area (Å²) in [5.74, 6) is 0. The maximum Gasteiger partial charge on any atom is 0.289 e. The van der Waals surface area contributed by atoms with E-state index in [0.717, 1.165) is 11.5 Å². The molecule has 13 heavy (non-hydrogen) atoms. The Morgan fingerprint density at radius 3 is 3.00 bits per heavy atom. The zero-order valence-electron chi connectivity index (χ0n) is 6.10. The van der Waals surface area contributed by atoms with Gasteiger partial charge >= 0.3 is 0 Å². The molecule has 1 heterocycles. The van der Waals surface area contributed by atoms with E-state index in [9.17, 15) is 10.1 Å². The molecule has 7 heteroatoms. The average Bonchev–Trinajstić information content (AvgIpc) is 2.52. The first-order chi connectivity index (χ1) is 6.20. The van der Waals surface area contributed by atoms with Crippen molar-refractivity contribution in [3.8, 4) is 0 Å². The third kappa shape index (κ3) is 1.24. The Morgan fingerprint density at radius 1 is 1.54 bits per heavy atom. The van der Waals surface area contributed by atoms with E-state index in [1.807, 2.05) is 0 Å². The summed E-state index contributed by atoms with van der Waals surface area (Å²) in [6.07, 6.45) is 0. The maximum absolute atomic E-state index is 10.5. The molecule has 2 aromatic rings. The third-order valence-electron chi connectivity index (χ3n) is 1.53. The minimum atomic E-state index is -0.526. The molecular formula is C6H2ClN3O2S. The molecule has 0 spiro atoms. The Kier molecular flexibility index (Phi) is 1.86. The number of fused-ring (bicyclic) bond motifs is 1. The minimum Gasteiger partial charge on any atom is -0.258 e. The highest BCUT2D eigenvalue weighted by Crippen LogP contribution is 2.33. The number of halogens is 1. The maximum atomic E-state index is 10.5. The number of nitrogens with zero attached hydrogens (tertiary/aromatic N) is 3. The molecule has 1 aromatic carbocycles. The van der Waals surface area contributed by atoms with Gasteiger partial charge in [-0.2, -0.15) is 0 Å². The smallest absolute Gasteiger partial charge is 0.258 e. The van der Waals surface area contributed by atoms with Crippen LogP contribution >= 0.6 is 23.1 Å². The average molecular weight is 216 g/mol. The van der Waals surface area contributed by atoms with E-state index in [1.54, 1.807) is 0 Å². The Balaban J connectivity index is 2.80. The number of nitro benzene ring substituents is 1. The molecule has 0 fully saturated rings. The van der Waals surface area contributed by atoms with Crippen LogP contribution in [0.3, 0.4) is 0 Å². The lowest BCUT2D eigenvalue weighted by Crippen LogP contribution is -1.88. The number of rotatable bonds is 1. The quantitative estimate of drug-likeness (QED) is 0.540. The van der Waals surface area contributed by atoms with Crippen LogP contribution in [0.2, 0.25) is 5.02 Å². The van der Waals surface area contributed by atoms with Crippen molar-refractivity contribution >= 4 is 39.0 Å². The van der Waals surface area contributed by atoms with Crippen LogP contribution in [0.25, 0.3) is 10.2 Å². The van der Waals surface area contributed by atoms with Gasteiger partial charge in [-0.1, -0.05) is 16.1 Å². The summed E-state index contributed by atoms with van der Waals surface area (Å²) in [4.78, 5) is 9.95. The minimum absolute atomic E-state index is 0.109. The lowest BCUT2D eigenvalue weighted by atomic mass is 10.3. The van der Waals surface area contributed by atoms with E-state index in [4.69, 9.17) is 11.6 Å². The molecule has 0 aliphatic heterocycles. The fourth-order valence-corrected chi connectivity index (χ4v) is 1.88. The predicted octanol–water partition coefficient (Wildman–Crippen LogP) is 2.25. The summed E-state index contributed by atoms with van der Waals surface area (Å²) >= 11 is 6.81. The van der Waals surface area contributed by atoms with E-state index < -0.39 is 4.92 Å². The summed E-state index contributed by atoms with van der Waals surface area (Å²) in [6.45, 7) is 0. The van der Waals surface area contributed by atoms with Crippen molar-refractivity contribution in [3.05, 3.63) is 27.3 Å². The second kappa shape index (κ2) is 2.90. The van der Waals surface area contributed by atoms with Crippen molar-refractivity contribution in [2.75, 3.05) is 0 Å². The van der Waals surface area contributed by atoms with E-state index in [-0.39, 0.29) is 10.7 Å². The zero-order chi connectivity index (χ0) is 9.42. The lowest BCUT2D eigenvalue weighted by molar-refractivity contribution is -0.384. The fourth-order valence-electron chi connectivity index (χ4n) is 0.947. The van der Waals surface area contributed by atoms with Crippen molar-refractivity contribution < 1.29 is 4.92 Å². The molecule has 0 N–H and O–H groups in total. The lowest BCUT2D eigenvalue weighted by Gasteiger charge is -1.93. The van der Waals surface area contributed by atoms with Gasteiger partial charge in [-0.25, -0.2) is 0 Å². The molecule has 0 aliphatic carbocycles. The van der Waals surface area contributed by atoms with E-state index in [0.29, 0.717) is 10.2 Å².